The first-order valence-electron chi connectivity index (χ1n) is 12.1. The smallest absolute Gasteiger partial charge is 0.0604 e. The summed E-state index contributed by atoms with van der Waals surface area (Å²) in [6.45, 7) is 13.3. The Hall–Kier alpha value is -1.34. The minimum atomic E-state index is -1.47. The van der Waals surface area contributed by atoms with Gasteiger partial charge < -0.3 is 0 Å². The molecule has 4 rings (SSSR count). The first-order valence-corrected chi connectivity index (χ1v) is 14.7. The number of rotatable bonds is 8. The van der Waals surface area contributed by atoms with Crippen molar-refractivity contribution in [1.82, 2.24) is 0 Å². The van der Waals surface area contributed by atoms with Gasteiger partial charge in [-0.3, -0.25) is 0 Å². The highest BCUT2D eigenvalue weighted by atomic mass is 28.3. The van der Waals surface area contributed by atoms with Gasteiger partial charge in [-0.1, -0.05) is 86.7 Å². The van der Waals surface area contributed by atoms with Gasteiger partial charge in [0.15, 0.2) is 0 Å². The van der Waals surface area contributed by atoms with Crippen LogP contribution in [0.15, 0.2) is 73.9 Å². The lowest BCUT2D eigenvalue weighted by Gasteiger charge is -2.46. The molecule has 0 aromatic rings. The quantitative estimate of drug-likeness (QED) is 0.283. The molecule has 4 aliphatic rings. The molecule has 2 fully saturated rings. The van der Waals surface area contributed by atoms with Crippen LogP contribution in [-0.2, 0) is 0 Å². The molecule has 0 aromatic carbocycles. The van der Waals surface area contributed by atoms with Crippen molar-refractivity contribution in [2.45, 2.75) is 62.7 Å². The average Bonchev–Trinajstić information content (AvgIpc) is 3.31. The van der Waals surface area contributed by atoms with E-state index in [1.54, 1.807) is 0 Å². The molecule has 2 saturated carbocycles. The third-order valence-corrected chi connectivity index (χ3v) is 16.1. The van der Waals surface area contributed by atoms with Crippen molar-refractivity contribution in [2.75, 3.05) is 0 Å². The Labute approximate surface area is 180 Å². The number of hydrogen-bond acceptors (Lipinski definition) is 0. The van der Waals surface area contributed by atoms with Gasteiger partial charge >= 0.3 is 0 Å². The summed E-state index contributed by atoms with van der Waals surface area (Å²) >= 11 is 0. The zero-order valence-corrected chi connectivity index (χ0v) is 19.5. The molecule has 0 aromatic heterocycles. The zero-order chi connectivity index (χ0) is 20.4. The van der Waals surface area contributed by atoms with Crippen LogP contribution in [0.1, 0.15) is 39.5 Å². The van der Waals surface area contributed by atoms with Gasteiger partial charge in [-0.25, -0.2) is 0 Å². The molecule has 0 radical (unpaired) electrons. The lowest BCUT2D eigenvalue weighted by atomic mass is 9.84. The first-order chi connectivity index (χ1) is 14.2. The highest BCUT2D eigenvalue weighted by Gasteiger charge is 2.58. The Balaban J connectivity index is 1.70. The maximum atomic E-state index is 4.09. The Morgan fingerprint density at radius 2 is 1.07 bits per heavy atom. The average molecular weight is 405 g/mol. The van der Waals surface area contributed by atoms with Gasteiger partial charge in [0.2, 0.25) is 0 Å². The van der Waals surface area contributed by atoms with E-state index in [0.717, 1.165) is 46.6 Å². The molecule has 8 unspecified atom stereocenters. The fourth-order valence-corrected chi connectivity index (χ4v) is 14.9. The molecule has 0 N–H and O–H groups in total. The van der Waals surface area contributed by atoms with Gasteiger partial charge in [0, 0.05) is 0 Å². The summed E-state index contributed by atoms with van der Waals surface area (Å²) in [4.78, 5) is 0. The van der Waals surface area contributed by atoms with Crippen LogP contribution in [-0.4, -0.2) is 8.07 Å². The van der Waals surface area contributed by atoms with Crippen LogP contribution < -0.4 is 0 Å². The first kappa shape index (κ1) is 20.9. The number of fused-ring (bicyclic) bond motifs is 2. The Morgan fingerprint density at radius 1 is 0.690 bits per heavy atom. The second kappa shape index (κ2) is 8.80. The van der Waals surface area contributed by atoms with Crippen molar-refractivity contribution >= 4 is 8.07 Å². The standard InChI is InChI=1S/C28H40Si/c1-5-13-21-19-27(25-17-11-9-15-23(21)25)29(7-3,8-4)28-20-22(14-6-2)24-16-10-12-18-26(24)28/h5-6,9-12,15-18,21-28H,1-2,7-8,13-14,19-20H2,3-4H3. The Morgan fingerprint density at radius 3 is 1.41 bits per heavy atom. The molecular formula is C28H40Si. The van der Waals surface area contributed by atoms with Gasteiger partial charge in [-0.05, 0) is 72.3 Å². The van der Waals surface area contributed by atoms with Crippen molar-refractivity contribution in [1.29, 1.82) is 0 Å². The fourth-order valence-electron chi connectivity index (χ4n) is 8.06. The molecule has 0 heterocycles. The lowest BCUT2D eigenvalue weighted by Crippen LogP contribution is -2.46. The third-order valence-electron chi connectivity index (χ3n) is 9.31. The highest BCUT2D eigenvalue weighted by molar-refractivity contribution is 6.82. The van der Waals surface area contributed by atoms with Crippen LogP contribution in [0, 0.1) is 35.5 Å². The van der Waals surface area contributed by atoms with Crippen molar-refractivity contribution in [3.05, 3.63) is 73.9 Å². The molecule has 0 bridgehead atoms. The third kappa shape index (κ3) is 3.44. The topological polar surface area (TPSA) is 0 Å². The van der Waals surface area contributed by atoms with Crippen molar-refractivity contribution < 1.29 is 0 Å². The van der Waals surface area contributed by atoms with Crippen LogP contribution in [0.5, 0.6) is 0 Å². The second-order valence-electron chi connectivity index (χ2n) is 10.0. The number of allylic oxidation sites excluding steroid dienone is 10. The summed E-state index contributed by atoms with van der Waals surface area (Å²) in [5.41, 5.74) is 1.86. The molecule has 0 saturated heterocycles. The van der Waals surface area contributed by atoms with E-state index in [-0.39, 0.29) is 0 Å². The van der Waals surface area contributed by atoms with E-state index in [9.17, 15) is 0 Å². The van der Waals surface area contributed by atoms with E-state index in [2.05, 4.69) is 87.8 Å². The van der Waals surface area contributed by atoms with E-state index in [1.165, 1.54) is 37.8 Å². The van der Waals surface area contributed by atoms with Crippen LogP contribution in [0.3, 0.4) is 0 Å². The summed E-state index contributed by atoms with van der Waals surface area (Å²) in [6.07, 6.45) is 29.1. The highest BCUT2D eigenvalue weighted by Crippen LogP contribution is 2.64. The maximum Gasteiger partial charge on any atom is 0.0604 e. The zero-order valence-electron chi connectivity index (χ0n) is 18.5. The lowest BCUT2D eigenvalue weighted by molar-refractivity contribution is 0.420. The molecule has 0 spiro atoms. The van der Waals surface area contributed by atoms with E-state index in [4.69, 9.17) is 0 Å². The fraction of sp³-hybridized carbons (Fsp3) is 0.571. The SMILES string of the molecule is C=CCC1CC([Si](CC)(CC)C2CC(CC=C)C3C=CC=CC32)C2C=CC=CC12. The summed E-state index contributed by atoms with van der Waals surface area (Å²) in [7, 11) is -1.47. The largest absolute Gasteiger partial charge is 0.103 e. The summed E-state index contributed by atoms with van der Waals surface area (Å²) in [6, 6.07) is 2.89. The summed E-state index contributed by atoms with van der Waals surface area (Å²) in [5.74, 6) is 4.65. The predicted molar refractivity (Wildman–Crippen MR) is 131 cm³/mol. The molecule has 8 atom stereocenters. The normalized spacial score (nSPS) is 40.1. The van der Waals surface area contributed by atoms with Crippen molar-refractivity contribution in [3.63, 3.8) is 0 Å². The molecule has 156 valence electrons. The van der Waals surface area contributed by atoms with Gasteiger partial charge in [0.1, 0.15) is 0 Å². The molecule has 0 amide bonds. The number of hydrogen-bond donors (Lipinski definition) is 0. The molecule has 4 aliphatic carbocycles. The molecule has 0 aliphatic heterocycles. The molecule has 29 heavy (non-hydrogen) atoms. The second-order valence-corrected chi connectivity index (χ2v) is 15.4. The van der Waals surface area contributed by atoms with Gasteiger partial charge in [0.25, 0.3) is 0 Å². The van der Waals surface area contributed by atoms with Gasteiger partial charge in [-0.2, -0.15) is 0 Å². The van der Waals surface area contributed by atoms with E-state index in [0.29, 0.717) is 0 Å². The van der Waals surface area contributed by atoms with Crippen molar-refractivity contribution in [2.24, 2.45) is 35.5 Å². The van der Waals surface area contributed by atoms with Crippen LogP contribution in [0.4, 0.5) is 0 Å². The minimum Gasteiger partial charge on any atom is -0.103 e. The maximum absolute atomic E-state index is 4.09. The van der Waals surface area contributed by atoms with Crippen molar-refractivity contribution in [3.8, 4) is 0 Å². The van der Waals surface area contributed by atoms with E-state index >= 15 is 0 Å². The van der Waals surface area contributed by atoms with Crippen LogP contribution >= 0.6 is 0 Å². The van der Waals surface area contributed by atoms with Gasteiger partial charge in [0.05, 0.1) is 8.07 Å². The van der Waals surface area contributed by atoms with E-state index in [1.807, 2.05) is 0 Å². The molecule has 1 heteroatoms. The van der Waals surface area contributed by atoms with E-state index < -0.39 is 8.07 Å². The Kier molecular flexibility index (Phi) is 6.34. The monoisotopic (exact) mass is 404 g/mol. The summed E-state index contributed by atoms with van der Waals surface area (Å²) in [5, 5.41) is 0. The van der Waals surface area contributed by atoms with Crippen LogP contribution in [0.25, 0.3) is 0 Å². The minimum absolute atomic E-state index is 0.746. The predicted octanol–water partition coefficient (Wildman–Crippen LogP) is 8.12. The summed E-state index contributed by atoms with van der Waals surface area (Å²) < 4.78 is 0. The molecular weight excluding hydrogens is 364 g/mol. The van der Waals surface area contributed by atoms with Gasteiger partial charge in [-0.15, -0.1) is 13.2 Å². The molecule has 0 nitrogen and oxygen atoms in total. The Bertz CT molecular complexity index is 661. The van der Waals surface area contributed by atoms with Crippen LogP contribution in [0.2, 0.25) is 23.2 Å².